The molecule has 0 radical (unpaired) electrons. The molecule has 0 spiro atoms. The zero-order valence-electron chi connectivity index (χ0n) is 10.8. The van der Waals surface area contributed by atoms with E-state index in [1.165, 1.54) is 24.3 Å². The van der Waals surface area contributed by atoms with Crippen LogP contribution >= 0.6 is 0 Å². The van der Waals surface area contributed by atoms with Crippen LogP contribution in [0.5, 0.6) is 11.5 Å². The number of benzene rings is 2. The second-order valence-corrected chi connectivity index (χ2v) is 4.41. The molecule has 1 atom stereocenters. The highest BCUT2D eigenvalue weighted by Gasteiger charge is 2.30. The van der Waals surface area contributed by atoms with Crippen LogP contribution in [0.25, 0.3) is 0 Å². The molecule has 2 aromatic rings. The number of aromatic hydroxyl groups is 1. The Labute approximate surface area is 119 Å². The second-order valence-electron chi connectivity index (χ2n) is 4.41. The zero-order valence-corrected chi connectivity index (χ0v) is 10.8. The van der Waals surface area contributed by atoms with E-state index >= 15 is 0 Å². The molecule has 0 aliphatic rings. The summed E-state index contributed by atoms with van der Waals surface area (Å²) in [6, 6.07) is 10.4. The summed E-state index contributed by atoms with van der Waals surface area (Å²) in [6.45, 7) is -0.178. The molecular formula is C15H13F3O3. The highest BCUT2D eigenvalue weighted by atomic mass is 19.4. The molecule has 0 bridgehead atoms. The topological polar surface area (TPSA) is 49.7 Å². The lowest BCUT2D eigenvalue weighted by molar-refractivity contribution is -0.137. The molecule has 112 valence electrons. The van der Waals surface area contributed by atoms with Crippen molar-refractivity contribution in [2.24, 2.45) is 0 Å². The van der Waals surface area contributed by atoms with Gasteiger partial charge in [0.25, 0.3) is 0 Å². The van der Waals surface area contributed by atoms with Gasteiger partial charge < -0.3 is 14.9 Å². The van der Waals surface area contributed by atoms with E-state index in [-0.39, 0.29) is 18.1 Å². The lowest BCUT2D eigenvalue weighted by Crippen LogP contribution is -2.10. The summed E-state index contributed by atoms with van der Waals surface area (Å²) in [5.74, 6) is 0.137. The van der Waals surface area contributed by atoms with Gasteiger partial charge in [-0.25, -0.2) is 0 Å². The smallest absolute Gasteiger partial charge is 0.416 e. The maximum Gasteiger partial charge on any atom is 0.416 e. The van der Waals surface area contributed by atoms with Crippen LogP contribution in [0, 0.1) is 0 Å². The Kier molecular flexibility index (Phi) is 4.37. The number of ether oxygens (including phenoxy) is 1. The fourth-order valence-corrected chi connectivity index (χ4v) is 1.77. The van der Waals surface area contributed by atoms with E-state index in [9.17, 15) is 23.4 Å². The predicted molar refractivity (Wildman–Crippen MR) is 70.0 cm³/mol. The summed E-state index contributed by atoms with van der Waals surface area (Å²) in [6.07, 6.45) is -5.47. The Morgan fingerprint density at radius 3 is 2.19 bits per heavy atom. The average molecular weight is 298 g/mol. The van der Waals surface area contributed by atoms with E-state index < -0.39 is 17.8 Å². The SMILES string of the molecule is Oc1ccccc1C(O)COc1ccc(C(F)(F)F)cc1. The van der Waals surface area contributed by atoms with E-state index in [4.69, 9.17) is 4.74 Å². The summed E-state index contributed by atoms with van der Waals surface area (Å²) >= 11 is 0. The lowest BCUT2D eigenvalue weighted by atomic mass is 10.1. The molecule has 0 amide bonds. The van der Waals surface area contributed by atoms with E-state index in [2.05, 4.69) is 0 Å². The quantitative estimate of drug-likeness (QED) is 0.908. The van der Waals surface area contributed by atoms with Crippen molar-refractivity contribution in [3.05, 3.63) is 59.7 Å². The van der Waals surface area contributed by atoms with Crippen LogP contribution in [-0.2, 0) is 6.18 Å². The minimum Gasteiger partial charge on any atom is -0.508 e. The molecule has 0 aromatic heterocycles. The molecule has 6 heteroatoms. The largest absolute Gasteiger partial charge is 0.508 e. The molecule has 2 aromatic carbocycles. The summed E-state index contributed by atoms with van der Waals surface area (Å²) in [7, 11) is 0. The molecule has 2 rings (SSSR count). The van der Waals surface area contributed by atoms with Gasteiger partial charge in [-0.3, -0.25) is 0 Å². The molecular weight excluding hydrogens is 285 g/mol. The predicted octanol–water partition coefficient (Wildman–Crippen LogP) is 3.52. The third-order valence-electron chi connectivity index (χ3n) is 2.89. The molecule has 0 aliphatic carbocycles. The standard InChI is InChI=1S/C15H13F3O3/c16-15(17,18)10-5-7-11(8-6-10)21-9-14(20)12-3-1-2-4-13(12)19/h1-8,14,19-20H,9H2. The summed E-state index contributed by atoms with van der Waals surface area (Å²) in [4.78, 5) is 0. The number of alkyl halides is 3. The number of para-hydroxylation sites is 1. The first kappa shape index (κ1) is 15.2. The minimum absolute atomic E-state index is 0.0685. The number of hydrogen-bond donors (Lipinski definition) is 2. The number of aliphatic hydroxyl groups is 1. The van der Waals surface area contributed by atoms with Gasteiger partial charge in [0.05, 0.1) is 5.56 Å². The Morgan fingerprint density at radius 1 is 1.00 bits per heavy atom. The Morgan fingerprint density at radius 2 is 1.62 bits per heavy atom. The minimum atomic E-state index is -4.39. The van der Waals surface area contributed by atoms with Crippen molar-refractivity contribution in [3.63, 3.8) is 0 Å². The first-order valence-electron chi connectivity index (χ1n) is 6.14. The lowest BCUT2D eigenvalue weighted by Gasteiger charge is -2.14. The van der Waals surface area contributed by atoms with Crippen LogP contribution < -0.4 is 4.74 Å². The first-order valence-corrected chi connectivity index (χ1v) is 6.14. The van der Waals surface area contributed by atoms with Crippen LogP contribution in [0.2, 0.25) is 0 Å². The maximum absolute atomic E-state index is 12.4. The van der Waals surface area contributed by atoms with Gasteiger partial charge in [-0.2, -0.15) is 13.2 Å². The fourth-order valence-electron chi connectivity index (χ4n) is 1.77. The van der Waals surface area contributed by atoms with Gasteiger partial charge in [0.15, 0.2) is 0 Å². The van der Waals surface area contributed by atoms with Gasteiger partial charge in [-0.15, -0.1) is 0 Å². The number of halogens is 3. The monoisotopic (exact) mass is 298 g/mol. The van der Waals surface area contributed by atoms with Crippen molar-refractivity contribution >= 4 is 0 Å². The van der Waals surface area contributed by atoms with Crippen LogP contribution in [0.15, 0.2) is 48.5 Å². The second kappa shape index (κ2) is 6.05. The third-order valence-corrected chi connectivity index (χ3v) is 2.89. The first-order chi connectivity index (χ1) is 9.88. The summed E-state index contributed by atoms with van der Waals surface area (Å²) < 4.78 is 42.4. The van der Waals surface area contributed by atoms with Gasteiger partial charge in [0.2, 0.25) is 0 Å². The van der Waals surface area contributed by atoms with Crippen LogP contribution in [0.1, 0.15) is 17.2 Å². The molecule has 0 fully saturated rings. The van der Waals surface area contributed by atoms with E-state index in [1.807, 2.05) is 0 Å². The van der Waals surface area contributed by atoms with Crippen molar-refractivity contribution in [2.75, 3.05) is 6.61 Å². The molecule has 1 unspecified atom stereocenters. The van der Waals surface area contributed by atoms with Crippen molar-refractivity contribution in [3.8, 4) is 11.5 Å². The van der Waals surface area contributed by atoms with Gasteiger partial charge in [-0.1, -0.05) is 18.2 Å². The summed E-state index contributed by atoms with van der Waals surface area (Å²) in [5.41, 5.74) is -0.472. The maximum atomic E-state index is 12.4. The van der Waals surface area contributed by atoms with E-state index in [0.717, 1.165) is 12.1 Å². The van der Waals surface area contributed by atoms with Crippen molar-refractivity contribution in [1.82, 2.24) is 0 Å². The molecule has 2 N–H and O–H groups in total. The van der Waals surface area contributed by atoms with Crippen molar-refractivity contribution in [1.29, 1.82) is 0 Å². The summed E-state index contributed by atoms with van der Waals surface area (Å²) in [5, 5.41) is 19.4. The number of rotatable bonds is 4. The number of aliphatic hydroxyl groups excluding tert-OH is 1. The number of phenolic OH excluding ortho intramolecular Hbond substituents is 1. The van der Waals surface area contributed by atoms with E-state index in [1.54, 1.807) is 12.1 Å². The normalized spacial score (nSPS) is 13.0. The molecule has 0 saturated carbocycles. The molecule has 3 nitrogen and oxygen atoms in total. The Balaban J connectivity index is 1.99. The molecule has 0 heterocycles. The van der Waals surface area contributed by atoms with Crippen LogP contribution in [0.3, 0.4) is 0 Å². The highest BCUT2D eigenvalue weighted by molar-refractivity contribution is 5.34. The van der Waals surface area contributed by atoms with Crippen LogP contribution in [-0.4, -0.2) is 16.8 Å². The Bertz CT molecular complexity index is 594. The Hall–Kier alpha value is -2.21. The van der Waals surface area contributed by atoms with Crippen molar-refractivity contribution in [2.45, 2.75) is 12.3 Å². The number of hydrogen-bond acceptors (Lipinski definition) is 3. The number of phenols is 1. The average Bonchev–Trinajstić information content (AvgIpc) is 2.45. The fraction of sp³-hybridized carbons (Fsp3) is 0.200. The zero-order chi connectivity index (χ0) is 15.5. The molecule has 21 heavy (non-hydrogen) atoms. The van der Waals surface area contributed by atoms with Gasteiger partial charge in [0, 0.05) is 5.56 Å². The third kappa shape index (κ3) is 3.88. The van der Waals surface area contributed by atoms with E-state index in [0.29, 0.717) is 5.56 Å². The van der Waals surface area contributed by atoms with Gasteiger partial charge in [0.1, 0.15) is 24.2 Å². The van der Waals surface area contributed by atoms with Gasteiger partial charge in [-0.05, 0) is 30.3 Å². The highest BCUT2D eigenvalue weighted by Crippen LogP contribution is 2.30. The molecule has 0 aliphatic heterocycles. The van der Waals surface area contributed by atoms with Crippen molar-refractivity contribution < 1.29 is 28.1 Å². The van der Waals surface area contributed by atoms with Gasteiger partial charge >= 0.3 is 6.18 Å². The molecule has 0 saturated heterocycles. The van der Waals surface area contributed by atoms with Crippen LogP contribution in [0.4, 0.5) is 13.2 Å².